The highest BCUT2D eigenvalue weighted by atomic mass is 16.1. The van der Waals surface area contributed by atoms with Gasteiger partial charge in [0.25, 0.3) is 0 Å². The lowest BCUT2D eigenvalue weighted by Crippen LogP contribution is -2.25. The number of fused-ring (bicyclic) bond motifs is 1. The number of Topliss-reactive ketones (excluding diaryl/α,β-unsaturated/α-hetero) is 1. The van der Waals surface area contributed by atoms with Gasteiger partial charge in [0, 0.05) is 11.1 Å². The largest absolute Gasteiger partial charge is 0.289 e. The van der Waals surface area contributed by atoms with Gasteiger partial charge in [-0.1, -0.05) is 35.9 Å². The van der Waals surface area contributed by atoms with Crippen molar-refractivity contribution in [1.82, 2.24) is 0 Å². The Hall–Kier alpha value is -1.63. The van der Waals surface area contributed by atoms with Crippen LogP contribution in [-0.4, -0.2) is 5.78 Å². The van der Waals surface area contributed by atoms with Crippen LogP contribution < -0.4 is 0 Å². The summed E-state index contributed by atoms with van der Waals surface area (Å²) in [5.74, 6) is 0.686. The van der Waals surface area contributed by atoms with E-state index in [1.54, 1.807) is 0 Å². The minimum absolute atomic E-state index is 0.276. The van der Waals surface area contributed by atoms with E-state index in [1.165, 1.54) is 17.6 Å². The first-order valence-corrected chi connectivity index (χ1v) is 6.76. The van der Waals surface area contributed by atoms with E-state index in [0.29, 0.717) is 5.92 Å². The molecule has 0 saturated heterocycles. The maximum absolute atomic E-state index is 12.6. The predicted molar refractivity (Wildman–Crippen MR) is 73.7 cm³/mol. The zero-order chi connectivity index (χ0) is 12.5. The molecular formula is C17H18O. The van der Waals surface area contributed by atoms with E-state index < -0.39 is 0 Å². The van der Waals surface area contributed by atoms with Crippen LogP contribution in [0.25, 0.3) is 0 Å². The Morgan fingerprint density at radius 3 is 3.00 bits per heavy atom. The molecule has 1 aromatic carbocycles. The van der Waals surface area contributed by atoms with Gasteiger partial charge in [-0.2, -0.15) is 0 Å². The normalized spacial score (nSPS) is 22.4. The van der Waals surface area contributed by atoms with Crippen LogP contribution in [0, 0.1) is 5.92 Å². The van der Waals surface area contributed by atoms with Gasteiger partial charge in [-0.05, 0) is 43.6 Å². The number of ketones is 1. The third-order valence-corrected chi connectivity index (χ3v) is 4.18. The van der Waals surface area contributed by atoms with Crippen molar-refractivity contribution in [3.05, 3.63) is 59.2 Å². The number of allylic oxidation sites excluding steroid dienone is 3. The Morgan fingerprint density at radius 1 is 1.33 bits per heavy atom. The topological polar surface area (TPSA) is 17.1 Å². The van der Waals surface area contributed by atoms with Crippen molar-refractivity contribution in [2.45, 2.75) is 32.1 Å². The number of benzene rings is 1. The number of hydrogen-bond acceptors (Lipinski definition) is 1. The summed E-state index contributed by atoms with van der Waals surface area (Å²) in [4.78, 5) is 12.6. The lowest BCUT2D eigenvalue weighted by atomic mass is 9.72. The van der Waals surface area contributed by atoms with Gasteiger partial charge in [-0.3, -0.25) is 4.79 Å². The Kier molecular flexibility index (Phi) is 2.91. The SMILES string of the molecule is C=CCC1CCCC2=C1C(=O)c1ccccc1C2. The zero-order valence-corrected chi connectivity index (χ0v) is 10.6. The molecule has 1 nitrogen and oxygen atoms in total. The molecule has 92 valence electrons. The molecule has 0 heterocycles. The second-order valence-electron chi connectivity index (χ2n) is 5.29. The quantitative estimate of drug-likeness (QED) is 0.709. The molecule has 0 saturated carbocycles. The molecule has 0 N–H and O–H groups in total. The van der Waals surface area contributed by atoms with Crippen molar-refractivity contribution in [2.24, 2.45) is 5.92 Å². The fourth-order valence-corrected chi connectivity index (χ4v) is 3.37. The van der Waals surface area contributed by atoms with Crippen LogP contribution in [0.15, 0.2) is 48.1 Å². The summed E-state index contributed by atoms with van der Waals surface area (Å²) in [6, 6.07) is 8.06. The molecule has 1 unspecified atom stereocenters. The summed E-state index contributed by atoms with van der Waals surface area (Å²) in [7, 11) is 0. The Labute approximate surface area is 108 Å². The van der Waals surface area contributed by atoms with Gasteiger partial charge in [-0.25, -0.2) is 0 Å². The van der Waals surface area contributed by atoms with Gasteiger partial charge in [0.1, 0.15) is 0 Å². The van der Waals surface area contributed by atoms with Crippen LogP contribution >= 0.6 is 0 Å². The maximum Gasteiger partial charge on any atom is 0.189 e. The van der Waals surface area contributed by atoms with Crippen LogP contribution in [0.3, 0.4) is 0 Å². The molecule has 0 amide bonds. The molecule has 18 heavy (non-hydrogen) atoms. The number of hydrogen-bond donors (Lipinski definition) is 0. The molecule has 1 aromatic rings. The minimum atomic E-state index is 0.276. The summed E-state index contributed by atoms with van der Waals surface area (Å²) >= 11 is 0. The third kappa shape index (κ3) is 1.74. The van der Waals surface area contributed by atoms with Crippen LogP contribution in [0.2, 0.25) is 0 Å². The molecule has 3 rings (SSSR count). The number of carbonyl (C=O) groups excluding carboxylic acids is 1. The van der Waals surface area contributed by atoms with E-state index in [9.17, 15) is 4.79 Å². The first-order chi connectivity index (χ1) is 8.81. The molecule has 2 aliphatic carbocycles. The van der Waals surface area contributed by atoms with E-state index in [1.807, 2.05) is 24.3 Å². The van der Waals surface area contributed by atoms with Crippen molar-refractivity contribution in [1.29, 1.82) is 0 Å². The summed E-state index contributed by atoms with van der Waals surface area (Å²) < 4.78 is 0. The van der Waals surface area contributed by atoms with Crippen molar-refractivity contribution in [3.63, 3.8) is 0 Å². The summed E-state index contributed by atoms with van der Waals surface area (Å²) in [6.07, 6.45) is 7.32. The van der Waals surface area contributed by atoms with Gasteiger partial charge in [-0.15, -0.1) is 6.58 Å². The highest BCUT2D eigenvalue weighted by Crippen LogP contribution is 2.39. The first kappa shape index (κ1) is 11.5. The Balaban J connectivity index is 2.05. The second-order valence-corrected chi connectivity index (χ2v) is 5.29. The van der Waals surface area contributed by atoms with Gasteiger partial charge in [0.15, 0.2) is 5.78 Å². The van der Waals surface area contributed by atoms with Crippen molar-refractivity contribution in [3.8, 4) is 0 Å². The van der Waals surface area contributed by atoms with E-state index in [0.717, 1.165) is 36.8 Å². The maximum atomic E-state index is 12.6. The van der Waals surface area contributed by atoms with Crippen molar-refractivity contribution in [2.75, 3.05) is 0 Å². The molecule has 0 fully saturated rings. The van der Waals surface area contributed by atoms with Crippen LogP contribution in [-0.2, 0) is 6.42 Å². The molecule has 0 spiro atoms. The van der Waals surface area contributed by atoms with Crippen LogP contribution in [0.5, 0.6) is 0 Å². The fraction of sp³-hybridized carbons (Fsp3) is 0.353. The van der Waals surface area contributed by atoms with Gasteiger partial charge < -0.3 is 0 Å². The van der Waals surface area contributed by atoms with Crippen molar-refractivity contribution >= 4 is 5.78 Å². The average molecular weight is 238 g/mol. The Morgan fingerprint density at radius 2 is 2.17 bits per heavy atom. The standard InChI is InChI=1S/C17H18O/c1-2-6-12-8-5-9-14-11-13-7-3-4-10-15(13)17(18)16(12)14/h2-4,7,10,12H,1,5-6,8-9,11H2. The molecule has 0 bridgehead atoms. The van der Waals surface area contributed by atoms with E-state index in [4.69, 9.17) is 0 Å². The van der Waals surface area contributed by atoms with Crippen LogP contribution in [0.1, 0.15) is 41.6 Å². The molecule has 0 radical (unpaired) electrons. The number of rotatable bonds is 2. The van der Waals surface area contributed by atoms with E-state index in [2.05, 4.69) is 12.6 Å². The predicted octanol–water partition coefficient (Wildman–Crippen LogP) is 4.10. The van der Waals surface area contributed by atoms with Gasteiger partial charge in [0.05, 0.1) is 0 Å². The fourth-order valence-electron chi connectivity index (χ4n) is 3.37. The first-order valence-electron chi connectivity index (χ1n) is 6.76. The van der Waals surface area contributed by atoms with Crippen LogP contribution in [0.4, 0.5) is 0 Å². The van der Waals surface area contributed by atoms with Gasteiger partial charge >= 0.3 is 0 Å². The lowest BCUT2D eigenvalue weighted by Gasteiger charge is -2.31. The highest BCUT2D eigenvalue weighted by molar-refractivity contribution is 6.11. The second kappa shape index (κ2) is 4.56. The van der Waals surface area contributed by atoms with E-state index >= 15 is 0 Å². The molecule has 1 atom stereocenters. The molecule has 0 aromatic heterocycles. The monoisotopic (exact) mass is 238 g/mol. The molecule has 2 aliphatic rings. The highest BCUT2D eigenvalue weighted by Gasteiger charge is 2.32. The Bertz CT molecular complexity index is 536. The zero-order valence-electron chi connectivity index (χ0n) is 10.6. The summed E-state index contributed by atoms with van der Waals surface area (Å²) in [5.41, 5.74) is 4.63. The molecule has 1 heteroatoms. The lowest BCUT2D eigenvalue weighted by molar-refractivity contribution is 0.101. The van der Waals surface area contributed by atoms with Crippen molar-refractivity contribution < 1.29 is 4.79 Å². The summed E-state index contributed by atoms with van der Waals surface area (Å²) in [6.45, 7) is 3.83. The smallest absolute Gasteiger partial charge is 0.189 e. The van der Waals surface area contributed by atoms with E-state index in [-0.39, 0.29) is 5.78 Å². The summed E-state index contributed by atoms with van der Waals surface area (Å²) in [5, 5.41) is 0. The molecule has 0 aliphatic heterocycles. The third-order valence-electron chi connectivity index (χ3n) is 4.18. The van der Waals surface area contributed by atoms with Gasteiger partial charge in [0.2, 0.25) is 0 Å². The average Bonchev–Trinajstić information content (AvgIpc) is 2.39. The number of carbonyl (C=O) groups is 1. The molecular weight excluding hydrogens is 220 g/mol. The minimum Gasteiger partial charge on any atom is -0.289 e.